The van der Waals surface area contributed by atoms with Crippen LogP contribution in [0.3, 0.4) is 0 Å². The average molecular weight is 379 g/mol. The zero-order valence-corrected chi connectivity index (χ0v) is 16.0. The van der Waals surface area contributed by atoms with Crippen molar-refractivity contribution in [2.45, 2.75) is 27.4 Å². The third kappa shape index (κ3) is 4.46. The van der Waals surface area contributed by atoms with E-state index in [2.05, 4.69) is 5.32 Å². The lowest BCUT2D eigenvalue weighted by molar-refractivity contribution is -0.143. The van der Waals surface area contributed by atoms with Gasteiger partial charge >= 0.3 is 11.6 Å². The van der Waals surface area contributed by atoms with Crippen LogP contribution in [0, 0.1) is 20.8 Å². The fourth-order valence-corrected chi connectivity index (χ4v) is 2.80. The zero-order chi connectivity index (χ0) is 20.3. The molecule has 1 N–H and O–H groups in total. The molecule has 144 valence electrons. The highest BCUT2D eigenvalue weighted by Gasteiger charge is 2.12. The van der Waals surface area contributed by atoms with Crippen LogP contribution in [0.5, 0.6) is 0 Å². The summed E-state index contributed by atoms with van der Waals surface area (Å²) in [6, 6.07) is 12.1. The van der Waals surface area contributed by atoms with Gasteiger partial charge in [-0.15, -0.1) is 0 Å². The normalized spacial score (nSPS) is 10.7. The number of carbonyl (C=O) groups excluding carboxylic acids is 2. The molecular weight excluding hydrogens is 358 g/mol. The summed E-state index contributed by atoms with van der Waals surface area (Å²) in [5.41, 5.74) is 4.02. The van der Waals surface area contributed by atoms with Crippen molar-refractivity contribution >= 4 is 22.8 Å². The Bertz CT molecular complexity index is 1110. The molecule has 0 fully saturated rings. The van der Waals surface area contributed by atoms with Crippen molar-refractivity contribution in [1.82, 2.24) is 5.32 Å². The van der Waals surface area contributed by atoms with E-state index in [0.717, 1.165) is 16.7 Å². The highest BCUT2D eigenvalue weighted by molar-refractivity contribution is 5.96. The average Bonchev–Trinajstić information content (AvgIpc) is 2.65. The van der Waals surface area contributed by atoms with Crippen molar-refractivity contribution in [3.63, 3.8) is 0 Å². The molecule has 1 heterocycles. The van der Waals surface area contributed by atoms with Gasteiger partial charge in [-0.1, -0.05) is 18.2 Å². The number of hydrogen-bond acceptors (Lipinski definition) is 5. The third-order valence-corrected chi connectivity index (χ3v) is 4.54. The number of esters is 1. The summed E-state index contributed by atoms with van der Waals surface area (Å²) >= 11 is 0. The van der Waals surface area contributed by atoms with Crippen molar-refractivity contribution in [3.05, 3.63) is 80.7 Å². The van der Waals surface area contributed by atoms with E-state index >= 15 is 0 Å². The van der Waals surface area contributed by atoms with Crippen molar-refractivity contribution in [2.24, 2.45) is 0 Å². The number of ether oxygens (including phenoxy) is 1. The standard InChI is InChI=1S/C22H21NO5/c1-13-4-7-18-17(10-20(24)28-19(18)8-13)12-27-21(25)11-23-22(26)16-6-5-14(2)15(3)9-16/h4-10H,11-12H2,1-3H3,(H,23,26). The van der Waals surface area contributed by atoms with E-state index in [1.165, 1.54) is 6.07 Å². The summed E-state index contributed by atoms with van der Waals surface area (Å²) in [5.74, 6) is -0.938. The first-order chi connectivity index (χ1) is 13.3. The maximum atomic E-state index is 12.2. The van der Waals surface area contributed by atoms with Gasteiger partial charge in [-0.2, -0.15) is 0 Å². The predicted octanol–water partition coefficient (Wildman–Crippen LogP) is 3.19. The minimum absolute atomic E-state index is 0.0799. The second-order valence-corrected chi connectivity index (χ2v) is 6.73. The Morgan fingerprint density at radius 2 is 1.79 bits per heavy atom. The summed E-state index contributed by atoms with van der Waals surface area (Å²) in [6.07, 6.45) is 0. The van der Waals surface area contributed by atoms with Crippen LogP contribution in [0.15, 0.2) is 51.7 Å². The van der Waals surface area contributed by atoms with Gasteiger partial charge in [-0.3, -0.25) is 9.59 Å². The molecule has 6 heteroatoms. The SMILES string of the molecule is Cc1ccc2c(COC(=O)CNC(=O)c3ccc(C)c(C)c3)cc(=O)oc2c1. The van der Waals surface area contributed by atoms with Crippen LogP contribution in [0.25, 0.3) is 11.0 Å². The summed E-state index contributed by atoms with van der Waals surface area (Å²) in [7, 11) is 0. The monoisotopic (exact) mass is 379 g/mol. The Labute approximate surface area is 162 Å². The van der Waals surface area contributed by atoms with Gasteiger partial charge in [0.05, 0.1) is 0 Å². The molecule has 1 amide bonds. The van der Waals surface area contributed by atoms with Gasteiger partial charge in [-0.25, -0.2) is 4.79 Å². The van der Waals surface area contributed by atoms with E-state index in [0.29, 0.717) is 22.1 Å². The smallest absolute Gasteiger partial charge is 0.336 e. The fourth-order valence-electron chi connectivity index (χ4n) is 2.80. The first kappa shape index (κ1) is 19.4. The molecule has 1 aromatic heterocycles. The van der Waals surface area contributed by atoms with Gasteiger partial charge in [0.1, 0.15) is 18.7 Å². The molecule has 2 aromatic carbocycles. The zero-order valence-electron chi connectivity index (χ0n) is 16.0. The Morgan fingerprint density at radius 1 is 1.00 bits per heavy atom. The Morgan fingerprint density at radius 3 is 2.54 bits per heavy atom. The molecule has 3 aromatic rings. The largest absolute Gasteiger partial charge is 0.459 e. The van der Waals surface area contributed by atoms with Crippen LogP contribution >= 0.6 is 0 Å². The lowest BCUT2D eigenvalue weighted by Gasteiger charge is -2.09. The van der Waals surface area contributed by atoms with Crippen molar-refractivity contribution in [1.29, 1.82) is 0 Å². The van der Waals surface area contributed by atoms with Gasteiger partial charge in [0.15, 0.2) is 0 Å². The Hall–Kier alpha value is -3.41. The molecule has 0 spiro atoms. The van der Waals surface area contributed by atoms with E-state index < -0.39 is 11.6 Å². The molecular formula is C22H21NO5. The minimum atomic E-state index is -0.592. The molecule has 0 bridgehead atoms. The Kier molecular flexibility index (Phi) is 5.59. The molecule has 28 heavy (non-hydrogen) atoms. The van der Waals surface area contributed by atoms with Gasteiger partial charge in [0.2, 0.25) is 0 Å². The maximum absolute atomic E-state index is 12.2. The number of rotatable bonds is 5. The number of nitrogens with one attached hydrogen (secondary N) is 1. The van der Waals surface area contributed by atoms with E-state index in [1.807, 2.05) is 39.0 Å². The summed E-state index contributed by atoms with van der Waals surface area (Å²) in [5, 5.41) is 3.25. The van der Waals surface area contributed by atoms with E-state index in [4.69, 9.17) is 9.15 Å². The molecule has 6 nitrogen and oxygen atoms in total. The first-order valence-corrected chi connectivity index (χ1v) is 8.88. The fraction of sp³-hybridized carbons (Fsp3) is 0.227. The molecule has 0 aliphatic rings. The van der Waals surface area contributed by atoms with Gasteiger partial charge in [0, 0.05) is 22.6 Å². The van der Waals surface area contributed by atoms with Crippen LogP contribution in [-0.4, -0.2) is 18.4 Å². The lowest BCUT2D eigenvalue weighted by Crippen LogP contribution is -2.30. The number of carbonyl (C=O) groups is 2. The molecule has 0 atom stereocenters. The van der Waals surface area contributed by atoms with Gasteiger partial charge < -0.3 is 14.5 Å². The summed E-state index contributed by atoms with van der Waals surface area (Å²) < 4.78 is 10.4. The first-order valence-electron chi connectivity index (χ1n) is 8.88. The highest BCUT2D eigenvalue weighted by Crippen LogP contribution is 2.19. The number of hydrogen-bond donors (Lipinski definition) is 1. The topological polar surface area (TPSA) is 85.6 Å². The van der Waals surface area contributed by atoms with Crippen molar-refractivity contribution in [2.75, 3.05) is 6.54 Å². The molecule has 0 saturated heterocycles. The van der Waals surface area contributed by atoms with E-state index in [9.17, 15) is 14.4 Å². The summed E-state index contributed by atoms with van der Waals surface area (Å²) in [4.78, 5) is 35.9. The number of amides is 1. The van der Waals surface area contributed by atoms with Crippen LogP contribution in [0.4, 0.5) is 0 Å². The molecule has 3 rings (SSSR count). The van der Waals surface area contributed by atoms with Crippen molar-refractivity contribution in [3.8, 4) is 0 Å². The number of aryl methyl sites for hydroxylation is 3. The van der Waals surface area contributed by atoms with Crippen molar-refractivity contribution < 1.29 is 18.7 Å². The lowest BCUT2D eigenvalue weighted by atomic mass is 10.1. The third-order valence-electron chi connectivity index (χ3n) is 4.54. The quantitative estimate of drug-likeness (QED) is 0.544. The molecule has 0 aliphatic heterocycles. The second kappa shape index (κ2) is 8.08. The molecule has 0 unspecified atom stereocenters. The molecule has 0 radical (unpaired) electrons. The summed E-state index contributed by atoms with van der Waals surface area (Å²) in [6.45, 7) is 5.43. The van der Waals surface area contributed by atoms with Gasteiger partial charge in [0.25, 0.3) is 5.91 Å². The Balaban J connectivity index is 1.61. The molecule has 0 aliphatic carbocycles. The van der Waals surface area contributed by atoms with Crippen LogP contribution in [0.2, 0.25) is 0 Å². The maximum Gasteiger partial charge on any atom is 0.336 e. The van der Waals surface area contributed by atoms with E-state index in [-0.39, 0.29) is 19.1 Å². The van der Waals surface area contributed by atoms with E-state index in [1.54, 1.807) is 18.2 Å². The van der Waals surface area contributed by atoms with Crippen LogP contribution < -0.4 is 10.9 Å². The minimum Gasteiger partial charge on any atom is -0.459 e. The predicted molar refractivity (Wildman–Crippen MR) is 105 cm³/mol. The van der Waals surface area contributed by atoms with Crippen LogP contribution in [-0.2, 0) is 16.1 Å². The highest BCUT2D eigenvalue weighted by atomic mass is 16.5. The number of benzene rings is 2. The van der Waals surface area contributed by atoms with Gasteiger partial charge in [-0.05, 0) is 55.7 Å². The number of fused-ring (bicyclic) bond motifs is 1. The second-order valence-electron chi connectivity index (χ2n) is 6.73. The molecule has 0 saturated carbocycles. The van der Waals surface area contributed by atoms with Crippen LogP contribution in [0.1, 0.15) is 32.6 Å².